The van der Waals surface area contributed by atoms with Crippen LogP contribution in [0.1, 0.15) is 13.0 Å². The Bertz CT molecular complexity index is 861. The van der Waals surface area contributed by atoms with E-state index in [1.165, 1.54) is 4.31 Å². The Labute approximate surface area is 161 Å². The van der Waals surface area contributed by atoms with Crippen molar-refractivity contribution in [3.05, 3.63) is 36.7 Å². The highest BCUT2D eigenvalue weighted by molar-refractivity contribution is 7.89. The molecule has 1 aliphatic heterocycles. The molecule has 1 saturated heterocycles. The van der Waals surface area contributed by atoms with Crippen molar-refractivity contribution in [3.8, 4) is 11.4 Å². The second kappa shape index (κ2) is 8.00. The fourth-order valence-corrected chi connectivity index (χ4v) is 4.48. The second-order valence-electron chi connectivity index (χ2n) is 7.14. The molecule has 0 aliphatic carbocycles. The average molecular weight is 393 g/mol. The smallest absolute Gasteiger partial charge is 0.214 e. The van der Waals surface area contributed by atoms with E-state index in [4.69, 9.17) is 4.74 Å². The number of aromatic nitrogens is 2. The Kier molecular flexibility index (Phi) is 5.88. The zero-order chi connectivity index (χ0) is 19.6. The molecule has 7 nitrogen and oxygen atoms in total. The van der Waals surface area contributed by atoms with Crippen molar-refractivity contribution in [3.63, 3.8) is 0 Å². The Morgan fingerprint density at radius 1 is 1.19 bits per heavy atom. The van der Waals surface area contributed by atoms with Gasteiger partial charge in [0.25, 0.3) is 0 Å². The fourth-order valence-electron chi connectivity index (χ4n) is 3.33. The lowest BCUT2D eigenvalue weighted by molar-refractivity contribution is 0.182. The van der Waals surface area contributed by atoms with Gasteiger partial charge in [0, 0.05) is 57.3 Å². The Morgan fingerprint density at radius 2 is 1.89 bits per heavy atom. The van der Waals surface area contributed by atoms with Crippen LogP contribution in [0.15, 0.2) is 36.7 Å². The quantitative estimate of drug-likeness (QED) is 0.722. The molecule has 1 fully saturated rings. The first-order chi connectivity index (χ1) is 12.8. The Morgan fingerprint density at radius 3 is 2.52 bits per heavy atom. The van der Waals surface area contributed by atoms with Crippen molar-refractivity contribution < 1.29 is 13.2 Å². The fraction of sp³-hybridized carbons (Fsp3) is 0.526. The van der Waals surface area contributed by atoms with E-state index in [1.54, 1.807) is 20.3 Å². The van der Waals surface area contributed by atoms with Gasteiger partial charge in [-0.2, -0.15) is 0 Å². The molecule has 0 unspecified atom stereocenters. The van der Waals surface area contributed by atoms with Crippen LogP contribution in [0.3, 0.4) is 0 Å². The van der Waals surface area contributed by atoms with E-state index in [1.807, 2.05) is 6.20 Å². The van der Waals surface area contributed by atoms with Crippen molar-refractivity contribution in [2.45, 2.75) is 13.0 Å². The molecule has 3 rings (SSSR count). The highest BCUT2D eigenvalue weighted by Gasteiger charge is 2.35. The second-order valence-corrected chi connectivity index (χ2v) is 9.37. The third-order valence-electron chi connectivity index (χ3n) is 5.21. The van der Waals surface area contributed by atoms with E-state index in [0.29, 0.717) is 13.2 Å². The topological polar surface area (TPSA) is 67.7 Å². The van der Waals surface area contributed by atoms with Crippen molar-refractivity contribution in [2.24, 2.45) is 5.92 Å². The van der Waals surface area contributed by atoms with Gasteiger partial charge in [-0.25, -0.2) is 17.7 Å². The number of ether oxygens (including phenoxy) is 1. The molecule has 0 bridgehead atoms. The number of imidazole rings is 1. The largest absolute Gasteiger partial charge is 0.379 e. The minimum Gasteiger partial charge on any atom is -0.379 e. The van der Waals surface area contributed by atoms with E-state index in [9.17, 15) is 8.42 Å². The molecule has 8 heteroatoms. The van der Waals surface area contributed by atoms with Crippen LogP contribution >= 0.6 is 0 Å². The number of hydrogen-bond acceptors (Lipinski definition) is 5. The molecule has 2 heterocycles. The summed E-state index contributed by atoms with van der Waals surface area (Å²) >= 11 is 0. The van der Waals surface area contributed by atoms with Gasteiger partial charge in [0.2, 0.25) is 10.0 Å². The number of anilines is 1. The van der Waals surface area contributed by atoms with Gasteiger partial charge in [0.05, 0.1) is 25.0 Å². The molecule has 1 aliphatic rings. The van der Waals surface area contributed by atoms with Crippen LogP contribution in [0, 0.1) is 5.92 Å². The van der Waals surface area contributed by atoms with Gasteiger partial charge in [-0.3, -0.25) is 0 Å². The third kappa shape index (κ3) is 4.17. The molecule has 0 radical (unpaired) electrons. The molecule has 1 aromatic carbocycles. The highest BCUT2D eigenvalue weighted by atomic mass is 32.2. The maximum Gasteiger partial charge on any atom is 0.214 e. The number of hydrogen-bond donors (Lipinski definition) is 0. The molecular weight excluding hydrogens is 364 g/mol. The van der Waals surface area contributed by atoms with E-state index in [0.717, 1.165) is 23.6 Å². The summed E-state index contributed by atoms with van der Waals surface area (Å²) in [5, 5.41) is 0. The van der Waals surface area contributed by atoms with Gasteiger partial charge in [-0.05, 0) is 31.2 Å². The van der Waals surface area contributed by atoms with E-state index in [2.05, 4.69) is 52.7 Å². The van der Waals surface area contributed by atoms with Crippen LogP contribution in [-0.4, -0.2) is 68.9 Å². The summed E-state index contributed by atoms with van der Waals surface area (Å²) in [6, 6.07) is 8.23. The molecule has 0 amide bonds. The van der Waals surface area contributed by atoms with Crippen LogP contribution in [0.25, 0.3) is 11.4 Å². The summed E-state index contributed by atoms with van der Waals surface area (Å²) in [5.41, 5.74) is 2.16. The summed E-state index contributed by atoms with van der Waals surface area (Å²) in [7, 11) is 1.90. The van der Waals surface area contributed by atoms with Crippen LogP contribution in [-0.2, 0) is 14.8 Å². The summed E-state index contributed by atoms with van der Waals surface area (Å²) in [6.07, 6.45) is 3.67. The summed E-state index contributed by atoms with van der Waals surface area (Å²) in [4.78, 5) is 6.70. The van der Waals surface area contributed by atoms with Gasteiger partial charge < -0.3 is 14.2 Å². The minimum absolute atomic E-state index is 0.0461. The van der Waals surface area contributed by atoms with Crippen LogP contribution in [0.2, 0.25) is 0 Å². The third-order valence-corrected chi connectivity index (χ3v) is 7.17. The molecule has 0 saturated carbocycles. The van der Waals surface area contributed by atoms with E-state index < -0.39 is 10.0 Å². The number of benzene rings is 1. The summed E-state index contributed by atoms with van der Waals surface area (Å²) < 4.78 is 33.6. The van der Waals surface area contributed by atoms with Crippen molar-refractivity contribution in [1.29, 1.82) is 0 Å². The van der Waals surface area contributed by atoms with Crippen molar-refractivity contribution >= 4 is 15.7 Å². The van der Waals surface area contributed by atoms with Crippen molar-refractivity contribution in [2.75, 3.05) is 51.6 Å². The molecule has 2 atom stereocenters. The van der Waals surface area contributed by atoms with Gasteiger partial charge in [0.15, 0.2) is 0 Å². The Balaban J connectivity index is 1.86. The molecule has 0 N–H and O–H groups in total. The predicted octanol–water partition coefficient (Wildman–Crippen LogP) is 2.09. The van der Waals surface area contributed by atoms with Crippen LogP contribution < -0.4 is 4.90 Å². The van der Waals surface area contributed by atoms with E-state index in [-0.39, 0.29) is 17.7 Å². The maximum atomic E-state index is 12.3. The lowest BCUT2D eigenvalue weighted by Gasteiger charge is -2.23. The molecule has 1 aromatic heterocycles. The molecule has 148 valence electrons. The lowest BCUT2D eigenvalue weighted by atomic mass is 10.1. The number of nitrogens with zero attached hydrogens (tertiary/aromatic N) is 4. The van der Waals surface area contributed by atoms with Gasteiger partial charge >= 0.3 is 0 Å². The predicted molar refractivity (Wildman–Crippen MR) is 107 cm³/mol. The highest BCUT2D eigenvalue weighted by Crippen LogP contribution is 2.32. The van der Waals surface area contributed by atoms with Gasteiger partial charge in [-0.15, -0.1) is 0 Å². The first-order valence-electron chi connectivity index (χ1n) is 9.16. The summed E-state index contributed by atoms with van der Waals surface area (Å²) in [5.74, 6) is 0.807. The van der Waals surface area contributed by atoms with Gasteiger partial charge in [0.1, 0.15) is 5.82 Å². The summed E-state index contributed by atoms with van der Waals surface area (Å²) in [6.45, 7) is 3.99. The molecule has 2 aromatic rings. The van der Waals surface area contributed by atoms with Crippen LogP contribution in [0.5, 0.6) is 0 Å². The molecule has 27 heavy (non-hydrogen) atoms. The average Bonchev–Trinajstić information content (AvgIpc) is 3.29. The van der Waals surface area contributed by atoms with Gasteiger partial charge in [-0.1, -0.05) is 0 Å². The maximum absolute atomic E-state index is 12.3. The lowest BCUT2D eigenvalue weighted by Crippen LogP contribution is -2.32. The van der Waals surface area contributed by atoms with Crippen LogP contribution in [0.4, 0.5) is 5.69 Å². The Hall–Kier alpha value is -1.90. The zero-order valence-electron chi connectivity index (χ0n) is 16.4. The van der Waals surface area contributed by atoms with Crippen molar-refractivity contribution in [1.82, 2.24) is 13.9 Å². The standard InChI is InChI=1S/C19H28N4O3S/c1-5-22(4)17-8-6-15(7-9-17)19-20-10-11-23(19)18-13-26-12-16(18)14-27(24,25)21(2)3/h6-11,16,18H,5,12-14H2,1-4H3/t16-,18+/m0/s1. The number of rotatable bonds is 7. The first kappa shape index (κ1) is 19.9. The molecular formula is C19H28N4O3S. The van der Waals surface area contributed by atoms with E-state index >= 15 is 0 Å². The molecule has 0 spiro atoms. The number of sulfonamides is 1. The normalized spacial score (nSPS) is 20.3. The minimum atomic E-state index is -3.29. The SMILES string of the molecule is CCN(C)c1ccc(-c2nccn2[C@@H]2COC[C@H]2CS(=O)(=O)N(C)C)cc1. The zero-order valence-corrected chi connectivity index (χ0v) is 17.2. The monoisotopic (exact) mass is 392 g/mol. The first-order valence-corrected chi connectivity index (χ1v) is 10.8.